The Morgan fingerprint density at radius 2 is 1.65 bits per heavy atom. The molecule has 3 aromatic rings. The van der Waals surface area contributed by atoms with Crippen LogP contribution in [0.1, 0.15) is 27.0 Å². The molecule has 0 saturated heterocycles. The third-order valence-corrected chi connectivity index (χ3v) is 6.21. The Balaban J connectivity index is 1.91. The number of nitro groups is 1. The largest absolute Gasteiger partial charge is 0.321 e. The third kappa shape index (κ3) is 5.07. The van der Waals surface area contributed by atoms with E-state index in [-0.39, 0.29) is 21.8 Å². The summed E-state index contributed by atoms with van der Waals surface area (Å²) in [6.45, 7) is 5.19. The maximum Gasteiger partial charge on any atom is 0.271 e. The Kier molecular flexibility index (Phi) is 6.07. The topological polar surface area (TPSA) is 118 Å². The molecule has 3 rings (SSSR count). The quantitative estimate of drug-likeness (QED) is 0.431. The van der Waals surface area contributed by atoms with E-state index in [0.29, 0.717) is 16.8 Å². The molecular formula is C22H21N3O5S. The van der Waals surface area contributed by atoms with Crippen molar-refractivity contribution in [2.75, 3.05) is 10.0 Å². The first-order chi connectivity index (χ1) is 14.6. The van der Waals surface area contributed by atoms with E-state index in [4.69, 9.17) is 0 Å². The number of rotatable bonds is 6. The second-order valence-electron chi connectivity index (χ2n) is 7.17. The number of nitrogens with zero attached hydrogens (tertiary/aromatic N) is 1. The predicted octanol–water partition coefficient (Wildman–Crippen LogP) is 4.57. The number of hydrogen-bond donors (Lipinski definition) is 2. The molecule has 0 bridgehead atoms. The van der Waals surface area contributed by atoms with Crippen molar-refractivity contribution in [2.45, 2.75) is 25.7 Å². The molecule has 0 unspecified atom stereocenters. The van der Waals surface area contributed by atoms with Crippen LogP contribution in [0.5, 0.6) is 0 Å². The highest BCUT2D eigenvalue weighted by Crippen LogP contribution is 2.24. The third-order valence-electron chi connectivity index (χ3n) is 4.69. The fourth-order valence-electron chi connectivity index (χ4n) is 3.00. The molecule has 0 radical (unpaired) electrons. The minimum atomic E-state index is -3.94. The van der Waals surface area contributed by atoms with Crippen LogP contribution in [-0.2, 0) is 10.0 Å². The molecule has 0 fully saturated rings. The average Bonchev–Trinajstić information content (AvgIpc) is 2.69. The summed E-state index contributed by atoms with van der Waals surface area (Å²) in [5.41, 5.74) is 2.67. The molecule has 0 aliphatic carbocycles. The summed E-state index contributed by atoms with van der Waals surface area (Å²) in [6.07, 6.45) is 0. The van der Waals surface area contributed by atoms with Gasteiger partial charge in [0.05, 0.1) is 15.5 Å². The number of anilines is 2. The second kappa shape index (κ2) is 8.57. The van der Waals surface area contributed by atoms with Gasteiger partial charge in [-0.15, -0.1) is 0 Å². The van der Waals surface area contributed by atoms with E-state index in [0.717, 1.165) is 5.56 Å². The van der Waals surface area contributed by atoms with Crippen LogP contribution in [0.2, 0.25) is 0 Å². The van der Waals surface area contributed by atoms with Crippen molar-refractivity contribution in [2.24, 2.45) is 0 Å². The Morgan fingerprint density at radius 1 is 0.935 bits per heavy atom. The number of hydrogen-bond acceptors (Lipinski definition) is 5. The molecular weight excluding hydrogens is 418 g/mol. The molecule has 0 atom stereocenters. The smallest absolute Gasteiger partial charge is 0.271 e. The van der Waals surface area contributed by atoms with Crippen molar-refractivity contribution in [3.63, 3.8) is 0 Å². The molecule has 31 heavy (non-hydrogen) atoms. The van der Waals surface area contributed by atoms with Gasteiger partial charge in [0.1, 0.15) is 0 Å². The number of non-ortho nitro benzene ring substituents is 1. The minimum absolute atomic E-state index is 0.0302. The van der Waals surface area contributed by atoms with Crippen LogP contribution in [0.15, 0.2) is 65.6 Å². The molecule has 1 amide bonds. The van der Waals surface area contributed by atoms with Crippen molar-refractivity contribution >= 4 is 33.0 Å². The zero-order valence-corrected chi connectivity index (χ0v) is 18.0. The monoisotopic (exact) mass is 439 g/mol. The summed E-state index contributed by atoms with van der Waals surface area (Å²) in [7, 11) is -3.94. The van der Waals surface area contributed by atoms with Gasteiger partial charge in [0.2, 0.25) is 0 Å². The highest BCUT2D eigenvalue weighted by Gasteiger charge is 2.20. The van der Waals surface area contributed by atoms with Crippen LogP contribution in [0.3, 0.4) is 0 Å². The number of nitrogens with one attached hydrogen (secondary N) is 2. The average molecular weight is 439 g/mol. The second-order valence-corrected chi connectivity index (χ2v) is 8.82. The van der Waals surface area contributed by atoms with Crippen LogP contribution >= 0.6 is 0 Å². The summed E-state index contributed by atoms with van der Waals surface area (Å²) in [5, 5.41) is 13.6. The number of carbonyl (C=O) groups excluding carboxylic acids is 1. The number of benzene rings is 3. The van der Waals surface area contributed by atoms with E-state index in [2.05, 4.69) is 10.0 Å². The SMILES string of the molecule is Cc1cccc(NS(=O)(=O)c2cc(C(=O)Nc3cc([N+](=O)[O-])ccc3C)ccc2C)c1. The van der Waals surface area contributed by atoms with Gasteiger partial charge in [-0.25, -0.2) is 8.42 Å². The van der Waals surface area contributed by atoms with Crippen molar-refractivity contribution in [3.05, 3.63) is 93.0 Å². The maximum atomic E-state index is 12.9. The van der Waals surface area contributed by atoms with Gasteiger partial charge < -0.3 is 5.32 Å². The number of carbonyl (C=O) groups is 1. The summed E-state index contributed by atoms with van der Waals surface area (Å²) in [6, 6.07) is 15.4. The van der Waals surface area contributed by atoms with Crippen LogP contribution in [0, 0.1) is 30.9 Å². The lowest BCUT2D eigenvalue weighted by molar-refractivity contribution is -0.384. The summed E-state index contributed by atoms with van der Waals surface area (Å²) in [5.74, 6) is -0.574. The fourth-order valence-corrected chi connectivity index (χ4v) is 4.32. The molecule has 2 N–H and O–H groups in total. The molecule has 0 aromatic heterocycles. The zero-order valence-electron chi connectivity index (χ0n) is 17.2. The van der Waals surface area contributed by atoms with Crippen molar-refractivity contribution < 1.29 is 18.1 Å². The van der Waals surface area contributed by atoms with Crippen LogP contribution < -0.4 is 10.0 Å². The van der Waals surface area contributed by atoms with Crippen LogP contribution in [-0.4, -0.2) is 19.2 Å². The molecule has 8 nitrogen and oxygen atoms in total. The van der Waals surface area contributed by atoms with Gasteiger partial charge in [0.25, 0.3) is 21.6 Å². The maximum absolute atomic E-state index is 12.9. The number of amides is 1. The normalized spacial score (nSPS) is 11.1. The fraction of sp³-hybridized carbons (Fsp3) is 0.136. The molecule has 0 spiro atoms. The number of aryl methyl sites for hydroxylation is 3. The van der Waals surface area contributed by atoms with Gasteiger partial charge in [0.15, 0.2) is 0 Å². The Morgan fingerprint density at radius 3 is 2.32 bits per heavy atom. The van der Waals surface area contributed by atoms with Crippen LogP contribution in [0.25, 0.3) is 0 Å². The predicted molar refractivity (Wildman–Crippen MR) is 119 cm³/mol. The first kappa shape index (κ1) is 22.0. The standard InChI is InChI=1S/C22H21N3O5S/c1-14-5-4-6-18(11-14)24-31(29,30)21-12-17(9-7-16(21)3)22(26)23-20-13-19(25(27)28)10-8-15(20)2/h4-13,24H,1-3H3,(H,23,26). The molecule has 0 heterocycles. The van der Waals surface area contributed by atoms with E-state index in [1.807, 2.05) is 13.0 Å². The minimum Gasteiger partial charge on any atom is -0.321 e. The highest BCUT2D eigenvalue weighted by atomic mass is 32.2. The lowest BCUT2D eigenvalue weighted by Crippen LogP contribution is -2.17. The van der Waals surface area contributed by atoms with E-state index in [9.17, 15) is 23.3 Å². The Labute approximate surface area is 180 Å². The Bertz CT molecular complexity index is 1290. The lowest BCUT2D eigenvalue weighted by atomic mass is 10.1. The summed E-state index contributed by atoms with van der Waals surface area (Å²) in [4.78, 5) is 23.2. The van der Waals surface area contributed by atoms with Crippen molar-refractivity contribution in [1.29, 1.82) is 0 Å². The first-order valence-electron chi connectivity index (χ1n) is 9.33. The van der Waals surface area contributed by atoms with Gasteiger partial charge in [-0.05, 0) is 61.7 Å². The first-order valence-corrected chi connectivity index (χ1v) is 10.8. The van der Waals surface area contributed by atoms with Crippen molar-refractivity contribution in [1.82, 2.24) is 0 Å². The molecule has 160 valence electrons. The molecule has 0 aliphatic rings. The summed E-state index contributed by atoms with van der Waals surface area (Å²) < 4.78 is 28.4. The number of sulfonamides is 1. The van der Waals surface area contributed by atoms with Gasteiger partial charge in [-0.1, -0.05) is 24.3 Å². The number of nitro benzene ring substituents is 1. The van der Waals surface area contributed by atoms with Gasteiger partial charge >= 0.3 is 0 Å². The summed E-state index contributed by atoms with van der Waals surface area (Å²) >= 11 is 0. The van der Waals surface area contributed by atoms with E-state index in [1.165, 1.54) is 30.3 Å². The highest BCUT2D eigenvalue weighted by molar-refractivity contribution is 7.92. The van der Waals surface area contributed by atoms with Crippen molar-refractivity contribution in [3.8, 4) is 0 Å². The molecule has 3 aromatic carbocycles. The molecule has 0 aliphatic heterocycles. The zero-order chi connectivity index (χ0) is 22.8. The van der Waals surface area contributed by atoms with E-state index >= 15 is 0 Å². The van der Waals surface area contributed by atoms with Gasteiger partial charge in [-0.3, -0.25) is 19.6 Å². The van der Waals surface area contributed by atoms with Crippen LogP contribution in [0.4, 0.5) is 17.1 Å². The molecule has 0 saturated carbocycles. The van der Waals surface area contributed by atoms with Gasteiger partial charge in [0, 0.05) is 23.4 Å². The lowest BCUT2D eigenvalue weighted by Gasteiger charge is -2.13. The molecule has 9 heteroatoms. The van der Waals surface area contributed by atoms with Gasteiger partial charge in [-0.2, -0.15) is 0 Å². The Hall–Kier alpha value is -3.72. The van der Waals surface area contributed by atoms with E-state index in [1.54, 1.807) is 38.1 Å². The van der Waals surface area contributed by atoms with E-state index < -0.39 is 20.9 Å².